The summed E-state index contributed by atoms with van der Waals surface area (Å²) in [6.45, 7) is 2.24. The minimum atomic E-state index is 0.109. The highest BCUT2D eigenvalue weighted by atomic mass is 35.5. The van der Waals surface area contributed by atoms with Gasteiger partial charge in [0.15, 0.2) is 5.78 Å². The second-order valence-corrected chi connectivity index (χ2v) is 5.87. The zero-order valence-corrected chi connectivity index (χ0v) is 13.6. The Hall–Kier alpha value is -0.830. The molecule has 114 valence electrons. The fourth-order valence-electron chi connectivity index (χ4n) is 2.44. The van der Waals surface area contributed by atoms with E-state index in [2.05, 4.69) is 12.0 Å². The number of halogens is 1. The molecule has 0 N–H and O–H groups in total. The molecule has 1 aromatic rings. The van der Waals surface area contributed by atoms with Crippen LogP contribution in [0.2, 0.25) is 5.02 Å². The third kappa shape index (κ3) is 6.08. The van der Waals surface area contributed by atoms with Crippen molar-refractivity contribution in [1.29, 1.82) is 0 Å². The number of unbranched alkanes of at least 4 members (excludes halogenated alkanes) is 8. The van der Waals surface area contributed by atoms with Crippen LogP contribution in [0.4, 0.5) is 0 Å². The predicted octanol–water partition coefficient (Wildman–Crippen LogP) is 5.18. The van der Waals surface area contributed by atoms with E-state index in [0.29, 0.717) is 17.1 Å². The fourth-order valence-corrected chi connectivity index (χ4v) is 2.71. The van der Waals surface area contributed by atoms with E-state index in [1.165, 1.54) is 51.1 Å². The highest BCUT2D eigenvalue weighted by Crippen LogP contribution is 2.18. The Balaban J connectivity index is 2.06. The number of carbonyl (C=O) groups is 1. The Bertz CT molecular complexity index is 382. The molecule has 0 fully saturated rings. The van der Waals surface area contributed by atoms with Crippen molar-refractivity contribution in [3.63, 3.8) is 0 Å². The molecule has 4 heteroatoms. The third-order valence-corrected chi connectivity index (χ3v) is 3.94. The van der Waals surface area contributed by atoms with Crippen molar-refractivity contribution < 1.29 is 4.79 Å². The summed E-state index contributed by atoms with van der Waals surface area (Å²) in [5, 5.41) is 4.46. The molecule has 1 heterocycles. The van der Waals surface area contributed by atoms with Gasteiger partial charge in [-0.25, -0.2) is 0 Å². The van der Waals surface area contributed by atoms with Crippen molar-refractivity contribution in [2.24, 2.45) is 7.05 Å². The number of Topliss-reactive ketones (excluding diaryl/α,β-unsaturated/α-hetero) is 1. The molecule has 0 atom stereocenters. The quantitative estimate of drug-likeness (QED) is 0.417. The normalized spacial score (nSPS) is 10.9. The van der Waals surface area contributed by atoms with Crippen molar-refractivity contribution in [3.8, 4) is 0 Å². The number of aryl methyl sites for hydroxylation is 1. The number of carbonyl (C=O) groups excluding carboxylic acids is 1. The molecule has 0 radical (unpaired) electrons. The predicted molar refractivity (Wildman–Crippen MR) is 84.4 cm³/mol. The fraction of sp³-hybridized carbons (Fsp3) is 0.750. The molecule has 0 aliphatic rings. The van der Waals surface area contributed by atoms with E-state index in [0.717, 1.165) is 12.8 Å². The standard InChI is InChI=1S/C16H27ClN2O/c1-3-4-5-6-7-8-9-10-11-12-15(20)16-14(17)13-18-19(16)2/h13H,3-12H2,1-2H3. The van der Waals surface area contributed by atoms with Gasteiger partial charge in [0.1, 0.15) is 5.69 Å². The van der Waals surface area contributed by atoms with Crippen LogP contribution in [-0.2, 0) is 7.05 Å². The maximum Gasteiger partial charge on any atom is 0.182 e. The van der Waals surface area contributed by atoms with Gasteiger partial charge in [-0.05, 0) is 6.42 Å². The minimum Gasteiger partial charge on any atom is -0.292 e. The summed E-state index contributed by atoms with van der Waals surface area (Å²) < 4.78 is 1.57. The summed E-state index contributed by atoms with van der Waals surface area (Å²) in [5.41, 5.74) is 0.547. The van der Waals surface area contributed by atoms with Crippen molar-refractivity contribution in [3.05, 3.63) is 16.9 Å². The summed E-state index contributed by atoms with van der Waals surface area (Å²) in [7, 11) is 1.76. The van der Waals surface area contributed by atoms with Crippen molar-refractivity contribution in [2.75, 3.05) is 0 Å². The monoisotopic (exact) mass is 298 g/mol. The third-order valence-electron chi connectivity index (χ3n) is 3.67. The van der Waals surface area contributed by atoms with Crippen LogP contribution >= 0.6 is 11.6 Å². The van der Waals surface area contributed by atoms with E-state index in [9.17, 15) is 4.79 Å². The summed E-state index contributed by atoms with van der Waals surface area (Å²) in [6.07, 6.45) is 13.5. The first-order chi connectivity index (χ1) is 9.66. The smallest absolute Gasteiger partial charge is 0.182 e. The summed E-state index contributed by atoms with van der Waals surface area (Å²) >= 11 is 5.96. The molecule has 0 aromatic carbocycles. The molecular weight excluding hydrogens is 272 g/mol. The molecule has 1 aromatic heterocycles. The molecule has 0 spiro atoms. The number of aromatic nitrogens is 2. The summed E-state index contributed by atoms with van der Waals surface area (Å²) in [4.78, 5) is 12.0. The van der Waals surface area contributed by atoms with E-state index < -0.39 is 0 Å². The van der Waals surface area contributed by atoms with Gasteiger partial charge in [0, 0.05) is 13.5 Å². The van der Waals surface area contributed by atoms with Gasteiger partial charge in [-0.1, -0.05) is 69.9 Å². The van der Waals surface area contributed by atoms with Crippen molar-refractivity contribution in [2.45, 2.75) is 71.1 Å². The van der Waals surface area contributed by atoms with Gasteiger partial charge in [-0.2, -0.15) is 5.10 Å². The average Bonchev–Trinajstić information content (AvgIpc) is 2.76. The van der Waals surface area contributed by atoms with E-state index in [-0.39, 0.29) is 5.78 Å². The van der Waals surface area contributed by atoms with E-state index in [4.69, 9.17) is 11.6 Å². The van der Waals surface area contributed by atoms with Crippen LogP contribution < -0.4 is 0 Å². The minimum absolute atomic E-state index is 0.109. The van der Waals surface area contributed by atoms with Crippen LogP contribution in [0.5, 0.6) is 0 Å². The number of nitrogens with zero attached hydrogens (tertiary/aromatic N) is 2. The lowest BCUT2D eigenvalue weighted by Gasteiger charge is -2.03. The molecule has 0 unspecified atom stereocenters. The van der Waals surface area contributed by atoms with Gasteiger partial charge in [-0.3, -0.25) is 9.48 Å². The lowest BCUT2D eigenvalue weighted by Crippen LogP contribution is -2.07. The summed E-state index contributed by atoms with van der Waals surface area (Å²) in [6, 6.07) is 0. The van der Waals surface area contributed by atoms with Gasteiger partial charge in [0.05, 0.1) is 11.2 Å². The van der Waals surface area contributed by atoms with Crippen LogP contribution in [0, 0.1) is 0 Å². The molecule has 0 aliphatic carbocycles. The Kier molecular flexibility index (Phi) is 8.59. The molecule has 3 nitrogen and oxygen atoms in total. The van der Waals surface area contributed by atoms with Crippen LogP contribution in [0.3, 0.4) is 0 Å². The Morgan fingerprint density at radius 3 is 2.15 bits per heavy atom. The molecule has 0 aliphatic heterocycles. The Labute approximate surface area is 127 Å². The zero-order valence-electron chi connectivity index (χ0n) is 12.8. The lowest BCUT2D eigenvalue weighted by molar-refractivity contribution is 0.0970. The Morgan fingerprint density at radius 2 is 1.65 bits per heavy atom. The lowest BCUT2D eigenvalue weighted by atomic mass is 10.0. The number of ketones is 1. The van der Waals surface area contributed by atoms with Crippen LogP contribution in [0.15, 0.2) is 6.20 Å². The van der Waals surface area contributed by atoms with Gasteiger partial charge < -0.3 is 0 Å². The molecule has 1 rings (SSSR count). The average molecular weight is 299 g/mol. The largest absolute Gasteiger partial charge is 0.292 e. The first-order valence-electron chi connectivity index (χ1n) is 7.87. The van der Waals surface area contributed by atoms with E-state index in [1.54, 1.807) is 11.7 Å². The van der Waals surface area contributed by atoms with Crippen molar-refractivity contribution in [1.82, 2.24) is 9.78 Å². The number of rotatable bonds is 11. The van der Waals surface area contributed by atoms with Gasteiger partial charge in [-0.15, -0.1) is 0 Å². The second-order valence-electron chi connectivity index (χ2n) is 5.47. The second kappa shape index (κ2) is 9.98. The van der Waals surface area contributed by atoms with Gasteiger partial charge >= 0.3 is 0 Å². The number of hydrogen-bond donors (Lipinski definition) is 0. The van der Waals surface area contributed by atoms with Crippen LogP contribution in [-0.4, -0.2) is 15.6 Å². The Morgan fingerprint density at radius 1 is 1.10 bits per heavy atom. The van der Waals surface area contributed by atoms with Crippen molar-refractivity contribution >= 4 is 17.4 Å². The molecule has 0 bridgehead atoms. The zero-order chi connectivity index (χ0) is 14.8. The molecule has 0 saturated heterocycles. The molecule has 0 amide bonds. The topological polar surface area (TPSA) is 34.9 Å². The maximum atomic E-state index is 12.0. The molecular formula is C16H27ClN2O. The van der Waals surface area contributed by atoms with Gasteiger partial charge in [0.25, 0.3) is 0 Å². The van der Waals surface area contributed by atoms with E-state index >= 15 is 0 Å². The van der Waals surface area contributed by atoms with Crippen LogP contribution in [0.1, 0.15) is 81.6 Å². The first kappa shape index (κ1) is 17.2. The molecule has 0 saturated carbocycles. The highest BCUT2D eigenvalue weighted by molar-refractivity contribution is 6.33. The maximum absolute atomic E-state index is 12.0. The SMILES string of the molecule is CCCCCCCCCCCC(=O)c1c(Cl)cnn1C. The van der Waals surface area contributed by atoms with E-state index in [1.807, 2.05) is 0 Å². The van der Waals surface area contributed by atoms with Gasteiger partial charge in [0.2, 0.25) is 0 Å². The molecule has 20 heavy (non-hydrogen) atoms. The number of hydrogen-bond acceptors (Lipinski definition) is 2. The first-order valence-corrected chi connectivity index (χ1v) is 8.25. The summed E-state index contributed by atoms with van der Waals surface area (Å²) in [5.74, 6) is 0.109. The van der Waals surface area contributed by atoms with Crippen LogP contribution in [0.25, 0.3) is 0 Å². The highest BCUT2D eigenvalue weighted by Gasteiger charge is 2.14.